The molecule has 0 aromatic heterocycles. The molecule has 1 aliphatic heterocycles. The molecule has 0 amide bonds. The SMILES string of the molecule is Fc1cccc(CC2(Cl)CSC2)c1. The van der Waals surface area contributed by atoms with Gasteiger partial charge in [0.05, 0.1) is 4.87 Å². The van der Waals surface area contributed by atoms with E-state index in [1.165, 1.54) is 6.07 Å². The summed E-state index contributed by atoms with van der Waals surface area (Å²) in [5, 5.41) is 0. The molecule has 1 aromatic rings. The minimum Gasteiger partial charge on any atom is -0.207 e. The Morgan fingerprint density at radius 1 is 1.46 bits per heavy atom. The second-order valence-electron chi connectivity index (χ2n) is 3.45. The van der Waals surface area contributed by atoms with Gasteiger partial charge in [-0.1, -0.05) is 12.1 Å². The van der Waals surface area contributed by atoms with Crippen molar-refractivity contribution in [3.63, 3.8) is 0 Å². The van der Waals surface area contributed by atoms with E-state index in [4.69, 9.17) is 11.6 Å². The van der Waals surface area contributed by atoms with Crippen molar-refractivity contribution in [3.8, 4) is 0 Å². The fourth-order valence-corrected chi connectivity index (χ4v) is 2.91. The van der Waals surface area contributed by atoms with E-state index in [0.717, 1.165) is 23.5 Å². The molecule has 0 unspecified atom stereocenters. The van der Waals surface area contributed by atoms with Gasteiger partial charge in [-0.25, -0.2) is 4.39 Å². The van der Waals surface area contributed by atoms with E-state index >= 15 is 0 Å². The summed E-state index contributed by atoms with van der Waals surface area (Å²) >= 11 is 8.09. The van der Waals surface area contributed by atoms with Crippen molar-refractivity contribution in [2.75, 3.05) is 11.5 Å². The lowest BCUT2D eigenvalue weighted by Crippen LogP contribution is -2.39. The molecule has 3 heteroatoms. The zero-order valence-corrected chi connectivity index (χ0v) is 8.67. The molecule has 13 heavy (non-hydrogen) atoms. The van der Waals surface area contributed by atoms with E-state index in [2.05, 4.69) is 0 Å². The molecule has 1 saturated heterocycles. The average molecular weight is 217 g/mol. The van der Waals surface area contributed by atoms with Gasteiger partial charge >= 0.3 is 0 Å². The molecule has 0 aliphatic carbocycles. The summed E-state index contributed by atoms with van der Waals surface area (Å²) in [7, 11) is 0. The number of benzene rings is 1. The topological polar surface area (TPSA) is 0 Å². The van der Waals surface area contributed by atoms with Crippen LogP contribution in [0.1, 0.15) is 5.56 Å². The smallest absolute Gasteiger partial charge is 0.123 e. The maximum atomic E-state index is 12.8. The van der Waals surface area contributed by atoms with Gasteiger partial charge in [-0.3, -0.25) is 0 Å². The van der Waals surface area contributed by atoms with E-state index in [-0.39, 0.29) is 10.7 Å². The molecule has 0 nitrogen and oxygen atoms in total. The van der Waals surface area contributed by atoms with Crippen LogP contribution < -0.4 is 0 Å². The van der Waals surface area contributed by atoms with Crippen molar-refractivity contribution in [3.05, 3.63) is 35.6 Å². The monoisotopic (exact) mass is 216 g/mol. The van der Waals surface area contributed by atoms with Crippen LogP contribution in [0, 0.1) is 5.82 Å². The van der Waals surface area contributed by atoms with Crippen LogP contribution in [0.3, 0.4) is 0 Å². The van der Waals surface area contributed by atoms with Gasteiger partial charge in [-0.05, 0) is 24.1 Å². The van der Waals surface area contributed by atoms with Gasteiger partial charge in [-0.15, -0.1) is 11.6 Å². The number of hydrogen-bond acceptors (Lipinski definition) is 1. The van der Waals surface area contributed by atoms with E-state index in [0.29, 0.717) is 0 Å². The first kappa shape index (κ1) is 9.35. The second-order valence-corrected chi connectivity index (χ2v) is 5.24. The van der Waals surface area contributed by atoms with Gasteiger partial charge in [0.25, 0.3) is 0 Å². The average Bonchev–Trinajstić information content (AvgIpc) is 2.01. The highest BCUT2D eigenvalue weighted by molar-refractivity contribution is 8.01. The Kier molecular flexibility index (Phi) is 2.52. The largest absolute Gasteiger partial charge is 0.207 e. The Morgan fingerprint density at radius 3 is 2.77 bits per heavy atom. The van der Waals surface area contributed by atoms with Crippen LogP contribution in [0.15, 0.2) is 24.3 Å². The molecule has 0 bridgehead atoms. The summed E-state index contributed by atoms with van der Waals surface area (Å²) < 4.78 is 12.8. The van der Waals surface area contributed by atoms with Gasteiger partial charge in [0, 0.05) is 11.5 Å². The third-order valence-electron chi connectivity index (χ3n) is 2.13. The molecule has 0 saturated carbocycles. The van der Waals surface area contributed by atoms with Crippen LogP contribution in [-0.2, 0) is 6.42 Å². The number of hydrogen-bond donors (Lipinski definition) is 0. The van der Waals surface area contributed by atoms with Crippen LogP contribution >= 0.6 is 23.4 Å². The first-order valence-corrected chi connectivity index (χ1v) is 5.72. The van der Waals surface area contributed by atoms with Gasteiger partial charge in [0.1, 0.15) is 5.82 Å². The second kappa shape index (κ2) is 3.50. The Labute approximate surface area is 86.5 Å². The maximum absolute atomic E-state index is 12.8. The lowest BCUT2D eigenvalue weighted by atomic mass is 10.0. The summed E-state index contributed by atoms with van der Waals surface area (Å²) in [5.74, 6) is 1.78. The summed E-state index contributed by atoms with van der Waals surface area (Å²) in [4.78, 5) is -0.113. The summed E-state index contributed by atoms with van der Waals surface area (Å²) in [6, 6.07) is 6.68. The number of rotatable bonds is 2. The molecular formula is C10H10ClFS. The van der Waals surface area contributed by atoms with Gasteiger partial charge in [0.2, 0.25) is 0 Å². The fraction of sp³-hybridized carbons (Fsp3) is 0.400. The number of alkyl halides is 1. The van der Waals surface area contributed by atoms with Crippen LogP contribution in [0.5, 0.6) is 0 Å². The first-order chi connectivity index (χ1) is 6.18. The summed E-state index contributed by atoms with van der Waals surface area (Å²) in [6.45, 7) is 0. The van der Waals surface area contributed by atoms with Crippen molar-refractivity contribution in [1.29, 1.82) is 0 Å². The van der Waals surface area contributed by atoms with E-state index in [1.807, 2.05) is 17.8 Å². The van der Waals surface area contributed by atoms with Crippen LogP contribution in [-0.4, -0.2) is 16.4 Å². The molecule has 1 fully saturated rings. The zero-order valence-electron chi connectivity index (χ0n) is 7.09. The maximum Gasteiger partial charge on any atom is 0.123 e. The predicted molar refractivity (Wildman–Crippen MR) is 56.0 cm³/mol. The van der Waals surface area contributed by atoms with Crippen molar-refractivity contribution in [2.45, 2.75) is 11.3 Å². The molecule has 0 spiro atoms. The molecule has 1 aliphatic rings. The number of halogens is 2. The molecular weight excluding hydrogens is 207 g/mol. The predicted octanol–water partition coefficient (Wildman–Crippen LogP) is 3.09. The normalized spacial score (nSPS) is 19.5. The molecule has 0 N–H and O–H groups in total. The Balaban J connectivity index is 2.09. The van der Waals surface area contributed by atoms with Crippen LogP contribution in [0.25, 0.3) is 0 Å². The highest BCUT2D eigenvalue weighted by atomic mass is 35.5. The van der Waals surface area contributed by atoms with E-state index in [1.54, 1.807) is 12.1 Å². The highest BCUT2D eigenvalue weighted by Gasteiger charge is 2.35. The quantitative estimate of drug-likeness (QED) is 0.685. The molecule has 0 atom stereocenters. The highest BCUT2D eigenvalue weighted by Crippen LogP contribution is 2.38. The molecule has 1 aromatic carbocycles. The summed E-state index contributed by atoms with van der Waals surface area (Å²) in [5.41, 5.74) is 0.996. The van der Waals surface area contributed by atoms with Crippen molar-refractivity contribution in [2.24, 2.45) is 0 Å². The van der Waals surface area contributed by atoms with E-state index < -0.39 is 0 Å². The lowest BCUT2D eigenvalue weighted by Gasteiger charge is -2.35. The van der Waals surface area contributed by atoms with Crippen LogP contribution in [0.2, 0.25) is 0 Å². The molecule has 0 radical (unpaired) electrons. The third kappa shape index (κ3) is 2.18. The Hall–Kier alpha value is -0.210. The number of thioether (sulfide) groups is 1. The summed E-state index contributed by atoms with van der Waals surface area (Å²) in [6.07, 6.45) is 0.777. The Bertz CT molecular complexity index is 310. The minimum absolute atomic E-state index is 0.113. The van der Waals surface area contributed by atoms with Crippen molar-refractivity contribution >= 4 is 23.4 Å². The van der Waals surface area contributed by atoms with E-state index in [9.17, 15) is 4.39 Å². The molecule has 70 valence electrons. The van der Waals surface area contributed by atoms with Gasteiger partial charge in [-0.2, -0.15) is 11.8 Å². The van der Waals surface area contributed by atoms with Crippen molar-refractivity contribution < 1.29 is 4.39 Å². The standard InChI is InChI=1S/C10H10ClFS/c11-10(6-13-7-10)5-8-2-1-3-9(12)4-8/h1-4H,5-7H2. The van der Waals surface area contributed by atoms with Gasteiger partial charge < -0.3 is 0 Å². The minimum atomic E-state index is -0.176. The Morgan fingerprint density at radius 2 is 2.23 bits per heavy atom. The fourth-order valence-electron chi connectivity index (χ4n) is 1.44. The third-order valence-corrected chi connectivity index (χ3v) is 4.36. The van der Waals surface area contributed by atoms with Crippen LogP contribution in [0.4, 0.5) is 4.39 Å². The van der Waals surface area contributed by atoms with Gasteiger partial charge in [0.15, 0.2) is 0 Å². The first-order valence-electron chi connectivity index (χ1n) is 4.19. The molecule has 2 rings (SSSR count). The molecule has 1 heterocycles. The lowest BCUT2D eigenvalue weighted by molar-refractivity contribution is 0.619. The zero-order chi connectivity index (χ0) is 9.31. The van der Waals surface area contributed by atoms with Crippen molar-refractivity contribution in [1.82, 2.24) is 0 Å².